The molecule has 1 heterocycles. The molecule has 0 radical (unpaired) electrons. The van der Waals surface area contributed by atoms with E-state index in [9.17, 15) is 9.59 Å². The van der Waals surface area contributed by atoms with Crippen molar-refractivity contribution in [1.82, 2.24) is 10.6 Å². The molecule has 6 heteroatoms. The van der Waals surface area contributed by atoms with Gasteiger partial charge in [-0.05, 0) is 36.1 Å². The molecular weight excluding hydrogens is 344 g/mol. The highest BCUT2D eigenvalue weighted by molar-refractivity contribution is 6.35. The van der Waals surface area contributed by atoms with Gasteiger partial charge in [0.15, 0.2) is 0 Å². The van der Waals surface area contributed by atoms with Gasteiger partial charge in [-0.3, -0.25) is 9.59 Å². The molecule has 1 fully saturated rings. The number of hydrogen-bond acceptors (Lipinski definition) is 4. The molecular formula is C21H24N2O4. The zero-order valence-corrected chi connectivity index (χ0v) is 15.1. The number of amides is 2. The third kappa shape index (κ3) is 5.82. The Morgan fingerprint density at radius 3 is 2.37 bits per heavy atom. The molecule has 142 valence electrons. The first-order chi connectivity index (χ1) is 13.2. The van der Waals surface area contributed by atoms with E-state index in [0.717, 1.165) is 30.6 Å². The summed E-state index contributed by atoms with van der Waals surface area (Å²) in [6.07, 6.45) is 1.93. The minimum Gasteiger partial charge on any atom is -0.492 e. The van der Waals surface area contributed by atoms with E-state index < -0.39 is 11.8 Å². The first kappa shape index (κ1) is 18.9. The summed E-state index contributed by atoms with van der Waals surface area (Å²) >= 11 is 0. The summed E-state index contributed by atoms with van der Waals surface area (Å²) in [5.41, 5.74) is 2.25. The predicted molar refractivity (Wildman–Crippen MR) is 102 cm³/mol. The standard InChI is InChI=1S/C21H24N2O4/c24-20(21(25)23-15-19-7-4-13-26-19)22-12-14-27-18-10-8-17(9-11-18)16-5-2-1-3-6-16/h1-3,5-6,8-11,19H,4,7,12-15H2,(H,22,24)(H,23,25)/t19-/m1/s1. The Bertz CT molecular complexity index is 741. The lowest BCUT2D eigenvalue weighted by Crippen LogP contribution is -2.43. The van der Waals surface area contributed by atoms with Crippen LogP contribution in [0.15, 0.2) is 54.6 Å². The van der Waals surface area contributed by atoms with Gasteiger partial charge >= 0.3 is 11.8 Å². The number of rotatable bonds is 7. The molecule has 1 aliphatic rings. The molecule has 6 nitrogen and oxygen atoms in total. The highest BCUT2D eigenvalue weighted by Crippen LogP contribution is 2.21. The van der Waals surface area contributed by atoms with E-state index in [1.54, 1.807) is 0 Å². The summed E-state index contributed by atoms with van der Waals surface area (Å²) in [6, 6.07) is 17.8. The average molecular weight is 368 g/mol. The summed E-state index contributed by atoms with van der Waals surface area (Å²) < 4.78 is 11.0. The van der Waals surface area contributed by atoms with Crippen LogP contribution in [0.3, 0.4) is 0 Å². The summed E-state index contributed by atoms with van der Waals surface area (Å²) in [7, 11) is 0. The van der Waals surface area contributed by atoms with Crippen molar-refractivity contribution in [2.75, 3.05) is 26.3 Å². The van der Waals surface area contributed by atoms with Gasteiger partial charge in [0.1, 0.15) is 12.4 Å². The minimum atomic E-state index is -0.656. The highest BCUT2D eigenvalue weighted by atomic mass is 16.5. The molecule has 0 aromatic heterocycles. The van der Waals surface area contributed by atoms with E-state index in [2.05, 4.69) is 22.8 Å². The smallest absolute Gasteiger partial charge is 0.309 e. The third-order valence-corrected chi connectivity index (χ3v) is 4.34. The van der Waals surface area contributed by atoms with Crippen LogP contribution in [-0.4, -0.2) is 44.2 Å². The number of nitrogens with one attached hydrogen (secondary N) is 2. The van der Waals surface area contributed by atoms with Gasteiger partial charge in [-0.1, -0.05) is 42.5 Å². The summed E-state index contributed by atoms with van der Waals surface area (Å²) in [4.78, 5) is 23.5. The van der Waals surface area contributed by atoms with Gasteiger partial charge in [0, 0.05) is 13.2 Å². The molecule has 1 aliphatic heterocycles. The molecule has 0 aliphatic carbocycles. The maximum atomic E-state index is 11.7. The van der Waals surface area contributed by atoms with Crippen molar-refractivity contribution in [3.05, 3.63) is 54.6 Å². The van der Waals surface area contributed by atoms with E-state index in [1.165, 1.54) is 0 Å². The highest BCUT2D eigenvalue weighted by Gasteiger charge is 2.18. The van der Waals surface area contributed by atoms with Crippen molar-refractivity contribution < 1.29 is 19.1 Å². The van der Waals surface area contributed by atoms with Crippen molar-refractivity contribution in [3.8, 4) is 16.9 Å². The molecule has 0 saturated carbocycles. The van der Waals surface area contributed by atoms with Crippen molar-refractivity contribution in [3.63, 3.8) is 0 Å². The van der Waals surface area contributed by atoms with E-state index in [1.807, 2.05) is 42.5 Å². The van der Waals surface area contributed by atoms with Crippen LogP contribution < -0.4 is 15.4 Å². The maximum Gasteiger partial charge on any atom is 0.309 e. The van der Waals surface area contributed by atoms with Gasteiger partial charge in [-0.15, -0.1) is 0 Å². The zero-order chi connectivity index (χ0) is 18.9. The second-order valence-corrected chi connectivity index (χ2v) is 6.34. The maximum absolute atomic E-state index is 11.7. The Morgan fingerprint density at radius 2 is 1.67 bits per heavy atom. The quantitative estimate of drug-likeness (QED) is 0.580. The first-order valence-electron chi connectivity index (χ1n) is 9.18. The normalized spacial score (nSPS) is 15.9. The largest absolute Gasteiger partial charge is 0.492 e. The molecule has 2 aromatic carbocycles. The average Bonchev–Trinajstić information content (AvgIpc) is 3.24. The van der Waals surface area contributed by atoms with E-state index in [4.69, 9.17) is 9.47 Å². The van der Waals surface area contributed by atoms with Gasteiger partial charge in [0.05, 0.1) is 12.6 Å². The summed E-state index contributed by atoms with van der Waals surface area (Å²) in [5, 5.41) is 5.14. The lowest BCUT2D eigenvalue weighted by atomic mass is 10.1. The molecule has 27 heavy (non-hydrogen) atoms. The minimum absolute atomic E-state index is 0.0175. The van der Waals surface area contributed by atoms with Crippen molar-refractivity contribution in [2.45, 2.75) is 18.9 Å². The Morgan fingerprint density at radius 1 is 0.963 bits per heavy atom. The number of hydrogen-bond donors (Lipinski definition) is 2. The fraction of sp³-hybridized carbons (Fsp3) is 0.333. The van der Waals surface area contributed by atoms with Gasteiger partial charge in [-0.25, -0.2) is 0 Å². The zero-order valence-electron chi connectivity index (χ0n) is 15.1. The number of carbonyl (C=O) groups excluding carboxylic acids is 2. The van der Waals surface area contributed by atoms with Crippen LogP contribution in [0.2, 0.25) is 0 Å². The van der Waals surface area contributed by atoms with Crippen molar-refractivity contribution >= 4 is 11.8 Å². The van der Waals surface area contributed by atoms with Crippen LogP contribution in [0.1, 0.15) is 12.8 Å². The fourth-order valence-electron chi connectivity index (χ4n) is 2.88. The van der Waals surface area contributed by atoms with Crippen LogP contribution in [-0.2, 0) is 14.3 Å². The number of benzene rings is 2. The van der Waals surface area contributed by atoms with Crippen LogP contribution in [0.4, 0.5) is 0 Å². The second kappa shape index (κ2) is 9.73. The van der Waals surface area contributed by atoms with E-state index in [-0.39, 0.29) is 19.3 Å². The Kier molecular flexibility index (Phi) is 6.82. The van der Waals surface area contributed by atoms with Gasteiger partial charge in [0.25, 0.3) is 0 Å². The monoisotopic (exact) mass is 368 g/mol. The predicted octanol–water partition coefficient (Wildman–Crippen LogP) is 2.14. The van der Waals surface area contributed by atoms with E-state index >= 15 is 0 Å². The molecule has 2 N–H and O–H groups in total. The summed E-state index contributed by atoms with van der Waals surface area (Å²) in [5.74, 6) is -0.583. The first-order valence-corrected chi connectivity index (χ1v) is 9.18. The van der Waals surface area contributed by atoms with Crippen LogP contribution in [0, 0.1) is 0 Å². The number of ether oxygens (including phenoxy) is 2. The van der Waals surface area contributed by atoms with Gasteiger partial charge < -0.3 is 20.1 Å². The SMILES string of the molecule is O=C(NCCOc1ccc(-c2ccccc2)cc1)C(=O)NC[C@H]1CCCO1. The summed E-state index contributed by atoms with van der Waals surface area (Å²) in [6.45, 7) is 1.63. The van der Waals surface area contributed by atoms with Gasteiger partial charge in [-0.2, -0.15) is 0 Å². The van der Waals surface area contributed by atoms with Crippen LogP contribution in [0.5, 0.6) is 5.75 Å². The van der Waals surface area contributed by atoms with Crippen LogP contribution in [0.25, 0.3) is 11.1 Å². The molecule has 1 atom stereocenters. The Balaban J connectivity index is 1.34. The molecule has 0 bridgehead atoms. The third-order valence-electron chi connectivity index (χ3n) is 4.34. The molecule has 2 amide bonds. The lowest BCUT2D eigenvalue weighted by Gasteiger charge is -2.11. The Labute approximate surface area is 158 Å². The molecule has 0 spiro atoms. The topological polar surface area (TPSA) is 76.7 Å². The molecule has 3 rings (SSSR count). The van der Waals surface area contributed by atoms with Crippen molar-refractivity contribution in [1.29, 1.82) is 0 Å². The molecule has 1 saturated heterocycles. The molecule has 0 unspecified atom stereocenters. The van der Waals surface area contributed by atoms with E-state index in [0.29, 0.717) is 12.3 Å². The van der Waals surface area contributed by atoms with Gasteiger partial charge in [0.2, 0.25) is 0 Å². The lowest BCUT2D eigenvalue weighted by molar-refractivity contribution is -0.139. The van der Waals surface area contributed by atoms with Crippen molar-refractivity contribution in [2.24, 2.45) is 0 Å². The number of carbonyl (C=O) groups is 2. The second-order valence-electron chi connectivity index (χ2n) is 6.34. The fourth-order valence-corrected chi connectivity index (χ4v) is 2.88. The van der Waals surface area contributed by atoms with Crippen LogP contribution >= 0.6 is 0 Å². The molecule has 2 aromatic rings. The Hall–Kier alpha value is -2.86.